The average molecular weight is 1160 g/mol. The number of aromatic nitrogens is 3. The third kappa shape index (κ3) is 24.9. The second-order valence-corrected chi connectivity index (χ2v) is 22.8. The molecule has 2 aliphatic heterocycles. The Morgan fingerprint density at radius 2 is 1.20 bits per heavy atom. The van der Waals surface area contributed by atoms with Crippen LogP contribution >= 0.6 is 7.60 Å². The molecule has 1 fully saturated rings. The number of hydrogen-bond acceptors (Lipinski definition) is 17. The quantitative estimate of drug-likeness (QED) is 0.0413. The fraction of sp³-hybridized carbons (Fsp3) is 0.684. The summed E-state index contributed by atoms with van der Waals surface area (Å²) >= 11 is 0. The molecule has 3 heterocycles. The van der Waals surface area contributed by atoms with Crippen LogP contribution in [0.2, 0.25) is 0 Å². The lowest BCUT2D eigenvalue weighted by Gasteiger charge is -2.28. The molecule has 0 saturated carbocycles. The zero-order valence-corrected chi connectivity index (χ0v) is 49.0. The van der Waals surface area contributed by atoms with Crippen molar-refractivity contribution >= 4 is 36.9 Å². The number of anilines is 1. The molecule has 0 aliphatic carbocycles. The fourth-order valence-electron chi connectivity index (χ4n) is 8.93. The third-order valence-electron chi connectivity index (χ3n) is 13.4. The highest BCUT2D eigenvalue weighted by Gasteiger charge is 2.34. The van der Waals surface area contributed by atoms with Gasteiger partial charge in [0.25, 0.3) is 0 Å². The van der Waals surface area contributed by atoms with Gasteiger partial charge in [-0.15, -0.1) is 5.10 Å². The molecule has 2 aliphatic rings. The van der Waals surface area contributed by atoms with E-state index in [-0.39, 0.29) is 68.3 Å². The number of likely N-dealkylation sites (tertiary alicyclic amines) is 1. The molecule has 454 valence electrons. The molecule has 24 heteroatoms. The minimum absolute atomic E-state index is 0.0325. The summed E-state index contributed by atoms with van der Waals surface area (Å²) in [6.45, 7) is 14.6. The maximum absolute atomic E-state index is 14.0. The lowest BCUT2D eigenvalue weighted by atomic mass is 9.95. The van der Waals surface area contributed by atoms with Crippen molar-refractivity contribution in [1.29, 1.82) is 0 Å². The zero-order valence-electron chi connectivity index (χ0n) is 48.1. The van der Waals surface area contributed by atoms with Crippen molar-refractivity contribution in [1.82, 2.24) is 30.5 Å². The van der Waals surface area contributed by atoms with Crippen LogP contribution in [0, 0.1) is 0 Å². The number of amides is 4. The highest BCUT2D eigenvalue weighted by Crippen LogP contribution is 2.46. The van der Waals surface area contributed by atoms with E-state index in [2.05, 4.69) is 20.9 Å². The Bertz CT molecular complexity index is 2360. The largest absolute Gasteiger partial charge is 0.391 e. The monoisotopic (exact) mass is 1160 g/mol. The first-order chi connectivity index (χ1) is 39.2. The second kappa shape index (κ2) is 38.2. The Morgan fingerprint density at radius 1 is 0.642 bits per heavy atom. The summed E-state index contributed by atoms with van der Waals surface area (Å²) in [5.74, 6) is -0.195. The standard InChI is InChI=1S/C57H90N7O16P/c1-44(2)79-43-47-40-48(65)42-62(47)54(68)19-6-5-13-22-58-53(67)21-25-72-28-31-75-34-35-77-33-30-74-27-24-64-57-49-15-8-7-14-46(49)41-63(51-17-10-9-16-50(51)56(57)60-61-64)55(69)20-12-11-18-52(66)59-23-26-73-29-32-76-36-37-78-38-39-80-81(70,71)45(3)4/h7-10,14-17,44-45,47-48,65H,5-6,11-13,18-43H2,1-4H3,(H,58,67)(H,59,66)(H,70,71)/t47?,48-/m1/s1. The highest BCUT2D eigenvalue weighted by molar-refractivity contribution is 7.53. The van der Waals surface area contributed by atoms with Gasteiger partial charge in [0.2, 0.25) is 23.6 Å². The number of aliphatic hydroxyl groups is 1. The molecule has 4 N–H and O–H groups in total. The van der Waals surface area contributed by atoms with Crippen molar-refractivity contribution in [2.45, 2.75) is 129 Å². The first kappa shape index (κ1) is 67.0. The first-order valence-electron chi connectivity index (χ1n) is 28.8. The van der Waals surface area contributed by atoms with Gasteiger partial charge in [0.15, 0.2) is 0 Å². The van der Waals surface area contributed by atoms with Gasteiger partial charge >= 0.3 is 7.60 Å². The first-order valence-corrected chi connectivity index (χ1v) is 30.4. The molecule has 0 spiro atoms. The lowest BCUT2D eigenvalue weighted by Crippen LogP contribution is -2.39. The maximum atomic E-state index is 14.0. The molecular weight excluding hydrogens is 1070 g/mol. The van der Waals surface area contributed by atoms with Crippen molar-refractivity contribution in [3.8, 4) is 22.5 Å². The predicted molar refractivity (Wildman–Crippen MR) is 304 cm³/mol. The predicted octanol–water partition coefficient (Wildman–Crippen LogP) is 5.32. The van der Waals surface area contributed by atoms with Crippen molar-refractivity contribution in [2.75, 3.05) is 130 Å². The van der Waals surface area contributed by atoms with Crippen LogP contribution in [0.15, 0.2) is 48.5 Å². The summed E-state index contributed by atoms with van der Waals surface area (Å²) in [4.78, 5) is 64.7. The van der Waals surface area contributed by atoms with Gasteiger partial charge in [-0.2, -0.15) is 0 Å². The molecule has 3 atom stereocenters. The van der Waals surface area contributed by atoms with Crippen LogP contribution in [0.4, 0.5) is 5.69 Å². The number of hydrogen-bond donors (Lipinski definition) is 4. The molecule has 2 unspecified atom stereocenters. The second-order valence-electron chi connectivity index (χ2n) is 20.4. The number of β-amino-alcohol motifs (C(OH)–C–C–N with tert-alkyl or cyclic N) is 1. The van der Waals surface area contributed by atoms with Crippen molar-refractivity contribution in [3.63, 3.8) is 0 Å². The summed E-state index contributed by atoms with van der Waals surface area (Å²) in [5, 5.41) is 25.0. The number of para-hydroxylation sites is 1. The van der Waals surface area contributed by atoms with Crippen LogP contribution in [0.1, 0.15) is 97.5 Å². The summed E-state index contributed by atoms with van der Waals surface area (Å²) in [5.41, 5.74) is 4.47. The molecule has 3 aromatic rings. The average Bonchev–Trinajstić information content (AvgIpc) is 4.16. The molecule has 1 saturated heterocycles. The fourth-order valence-corrected chi connectivity index (χ4v) is 9.57. The molecule has 0 radical (unpaired) electrons. The van der Waals surface area contributed by atoms with E-state index in [1.165, 1.54) is 0 Å². The molecular formula is C57H90N7O16P. The Morgan fingerprint density at radius 3 is 1.88 bits per heavy atom. The van der Waals surface area contributed by atoms with Gasteiger partial charge in [0.1, 0.15) is 5.69 Å². The number of carbonyl (C=O) groups excluding carboxylic acids is 4. The van der Waals surface area contributed by atoms with Gasteiger partial charge < -0.3 is 72.9 Å². The number of fused-ring (bicyclic) bond motifs is 5. The number of unbranched alkanes of at least 4 members (excludes halogenated alkanes) is 3. The Kier molecular flexibility index (Phi) is 31.6. The Labute approximate surface area is 477 Å². The molecule has 0 bridgehead atoms. The molecule has 23 nitrogen and oxygen atoms in total. The summed E-state index contributed by atoms with van der Waals surface area (Å²) in [6.07, 6.45) is 4.76. The van der Waals surface area contributed by atoms with Gasteiger partial charge in [0.05, 0.1) is 154 Å². The number of nitrogens with one attached hydrogen (secondary N) is 2. The molecule has 2 aromatic carbocycles. The maximum Gasteiger partial charge on any atom is 0.330 e. The van der Waals surface area contributed by atoms with Crippen LogP contribution in [0.5, 0.6) is 0 Å². The van der Waals surface area contributed by atoms with Crippen molar-refractivity contribution < 1.29 is 76.2 Å². The number of nitrogens with zero attached hydrogens (tertiary/aromatic N) is 5. The zero-order chi connectivity index (χ0) is 58.1. The Balaban J connectivity index is 0.881. The van der Waals surface area contributed by atoms with Gasteiger partial charge in [-0.05, 0) is 57.6 Å². The number of rotatable bonds is 43. The topological polar surface area (TPSA) is 270 Å². The van der Waals surface area contributed by atoms with Gasteiger partial charge in [-0.3, -0.25) is 23.7 Å². The van der Waals surface area contributed by atoms with E-state index in [9.17, 15) is 33.7 Å². The molecule has 4 amide bonds. The lowest BCUT2D eigenvalue weighted by molar-refractivity contribution is -0.134. The number of benzene rings is 2. The van der Waals surface area contributed by atoms with E-state index < -0.39 is 19.4 Å². The van der Waals surface area contributed by atoms with Gasteiger partial charge in [0, 0.05) is 56.4 Å². The summed E-state index contributed by atoms with van der Waals surface area (Å²) < 4.78 is 63.4. The van der Waals surface area contributed by atoms with Gasteiger partial charge in [-0.25, -0.2) is 4.68 Å². The van der Waals surface area contributed by atoms with Crippen LogP contribution in [0.3, 0.4) is 0 Å². The van der Waals surface area contributed by atoms with E-state index in [0.29, 0.717) is 157 Å². The molecule has 5 rings (SSSR count). The number of aliphatic hydroxyl groups excluding tert-OH is 1. The van der Waals surface area contributed by atoms with E-state index in [1.807, 2.05) is 67.1 Å². The van der Waals surface area contributed by atoms with Gasteiger partial charge in [-0.1, -0.05) is 67.9 Å². The molecule has 81 heavy (non-hydrogen) atoms. The van der Waals surface area contributed by atoms with Crippen LogP contribution in [-0.4, -0.2) is 203 Å². The summed E-state index contributed by atoms with van der Waals surface area (Å²) in [7, 11) is -3.60. The van der Waals surface area contributed by atoms with E-state index in [0.717, 1.165) is 47.3 Å². The normalized spacial score (nSPS) is 15.8. The van der Waals surface area contributed by atoms with E-state index >= 15 is 0 Å². The van der Waals surface area contributed by atoms with Crippen LogP contribution < -0.4 is 15.5 Å². The highest BCUT2D eigenvalue weighted by atomic mass is 31.2. The van der Waals surface area contributed by atoms with Crippen molar-refractivity contribution in [3.05, 3.63) is 54.1 Å². The Hall–Kier alpha value is -4.75. The third-order valence-corrected chi connectivity index (χ3v) is 15.2. The number of ether oxygens (including phenoxy) is 8. The summed E-state index contributed by atoms with van der Waals surface area (Å²) in [6, 6.07) is 15.6. The number of carbonyl (C=O) groups is 4. The van der Waals surface area contributed by atoms with E-state index in [4.69, 9.17) is 42.4 Å². The minimum Gasteiger partial charge on any atom is -0.391 e. The molecule has 1 aromatic heterocycles. The smallest absolute Gasteiger partial charge is 0.330 e. The van der Waals surface area contributed by atoms with Crippen LogP contribution in [0.25, 0.3) is 22.5 Å². The minimum atomic E-state index is -3.60. The van der Waals surface area contributed by atoms with Crippen LogP contribution in [-0.2, 0) is 79.3 Å². The van der Waals surface area contributed by atoms with Crippen molar-refractivity contribution in [2.24, 2.45) is 0 Å². The van der Waals surface area contributed by atoms with E-state index in [1.54, 1.807) is 23.6 Å². The SMILES string of the molecule is CC(C)OCC1C[C@@H](O)CN1C(=O)CCCCCNC(=O)CCOCCOCCOCCOCCn1nnc2c1-c1ccccc1CN(C(=O)CCCCC(=O)NCCOCCOCCOCCOP(=O)(O)C(C)C)c1ccccc1-2.